The van der Waals surface area contributed by atoms with Gasteiger partial charge in [0.25, 0.3) is 0 Å². The summed E-state index contributed by atoms with van der Waals surface area (Å²) in [6, 6.07) is 16.9. The molecule has 4 rings (SSSR count). The van der Waals surface area contributed by atoms with Crippen LogP contribution in [0.2, 0.25) is 0 Å². The molecule has 2 heterocycles. The Morgan fingerprint density at radius 1 is 1.21 bits per heavy atom. The maximum absolute atomic E-state index is 12.4. The van der Waals surface area contributed by atoms with Crippen molar-refractivity contribution in [1.29, 1.82) is 0 Å². The van der Waals surface area contributed by atoms with Gasteiger partial charge in [0.05, 0.1) is 6.33 Å². The van der Waals surface area contributed by atoms with Crippen LogP contribution in [0, 0.1) is 11.8 Å². The standard InChI is InChI=1S/C23H26N4O/c1-17(21-12-25-13-21)23(28)26-14-20-4-2-3-5-22(20)19-8-6-18(7-9-19)15-27-11-10-24-16-27/h2-11,16-17,21,25H,12-15H2,1H3,(H,26,28). The van der Waals surface area contributed by atoms with Crippen molar-refractivity contribution in [2.24, 2.45) is 11.8 Å². The quantitative estimate of drug-likeness (QED) is 0.668. The molecule has 0 saturated carbocycles. The molecule has 0 aliphatic carbocycles. The Hall–Kier alpha value is -2.92. The van der Waals surface area contributed by atoms with Gasteiger partial charge in [-0.1, -0.05) is 55.5 Å². The Labute approximate surface area is 165 Å². The van der Waals surface area contributed by atoms with Gasteiger partial charge in [0, 0.05) is 31.4 Å². The van der Waals surface area contributed by atoms with Crippen molar-refractivity contribution in [2.75, 3.05) is 13.1 Å². The van der Waals surface area contributed by atoms with Crippen LogP contribution < -0.4 is 10.6 Å². The van der Waals surface area contributed by atoms with E-state index in [0.29, 0.717) is 12.5 Å². The number of amides is 1. The molecule has 1 atom stereocenters. The summed E-state index contributed by atoms with van der Waals surface area (Å²) in [6.45, 7) is 5.26. The first-order chi connectivity index (χ1) is 13.7. The predicted octanol–water partition coefficient (Wildman–Crippen LogP) is 3.07. The van der Waals surface area contributed by atoms with E-state index in [1.165, 1.54) is 5.56 Å². The molecule has 2 N–H and O–H groups in total. The molecule has 1 fully saturated rings. The Balaban J connectivity index is 1.44. The lowest BCUT2D eigenvalue weighted by molar-refractivity contribution is -0.126. The van der Waals surface area contributed by atoms with Crippen LogP contribution in [0.25, 0.3) is 11.1 Å². The van der Waals surface area contributed by atoms with Crippen molar-refractivity contribution in [1.82, 2.24) is 20.2 Å². The largest absolute Gasteiger partial charge is 0.352 e. The molecule has 1 unspecified atom stereocenters. The smallest absolute Gasteiger partial charge is 0.223 e. The molecule has 144 valence electrons. The van der Waals surface area contributed by atoms with Crippen LogP contribution in [-0.4, -0.2) is 28.5 Å². The zero-order valence-electron chi connectivity index (χ0n) is 16.1. The lowest BCUT2D eigenvalue weighted by atomic mass is 9.88. The number of imidazole rings is 1. The van der Waals surface area contributed by atoms with Gasteiger partial charge in [0.15, 0.2) is 0 Å². The summed E-state index contributed by atoms with van der Waals surface area (Å²) in [5.41, 5.74) is 4.69. The second-order valence-electron chi connectivity index (χ2n) is 7.51. The van der Waals surface area contributed by atoms with E-state index in [-0.39, 0.29) is 11.8 Å². The molecule has 3 aromatic rings. The number of carbonyl (C=O) groups excluding carboxylic acids is 1. The minimum atomic E-state index is 0.0517. The van der Waals surface area contributed by atoms with Crippen molar-refractivity contribution in [3.8, 4) is 11.1 Å². The molecular formula is C23H26N4O. The predicted molar refractivity (Wildman–Crippen MR) is 111 cm³/mol. The number of benzene rings is 2. The number of carbonyl (C=O) groups is 1. The van der Waals surface area contributed by atoms with Gasteiger partial charge in [-0.3, -0.25) is 4.79 Å². The highest BCUT2D eigenvalue weighted by Gasteiger charge is 2.28. The van der Waals surface area contributed by atoms with E-state index in [4.69, 9.17) is 0 Å². The number of nitrogens with zero attached hydrogens (tertiary/aromatic N) is 2. The Bertz CT molecular complexity index is 914. The number of nitrogens with one attached hydrogen (secondary N) is 2. The highest BCUT2D eigenvalue weighted by molar-refractivity contribution is 5.79. The maximum Gasteiger partial charge on any atom is 0.223 e. The van der Waals surface area contributed by atoms with E-state index in [1.807, 2.05) is 31.6 Å². The van der Waals surface area contributed by atoms with Gasteiger partial charge < -0.3 is 15.2 Å². The zero-order valence-corrected chi connectivity index (χ0v) is 16.1. The van der Waals surface area contributed by atoms with Gasteiger partial charge in [-0.2, -0.15) is 0 Å². The minimum absolute atomic E-state index is 0.0517. The van der Waals surface area contributed by atoms with E-state index in [2.05, 4.69) is 56.6 Å². The first kappa shape index (κ1) is 18.4. The van der Waals surface area contributed by atoms with E-state index in [9.17, 15) is 4.79 Å². The average molecular weight is 374 g/mol. The molecule has 0 bridgehead atoms. The maximum atomic E-state index is 12.4. The van der Waals surface area contributed by atoms with E-state index in [0.717, 1.165) is 36.3 Å². The second kappa shape index (κ2) is 8.40. The number of rotatable bonds is 7. The van der Waals surface area contributed by atoms with Crippen LogP contribution in [-0.2, 0) is 17.9 Å². The molecule has 1 amide bonds. The zero-order chi connectivity index (χ0) is 19.3. The van der Waals surface area contributed by atoms with Crippen LogP contribution in [0.4, 0.5) is 0 Å². The first-order valence-electron chi connectivity index (χ1n) is 9.82. The number of hydrogen-bond acceptors (Lipinski definition) is 3. The van der Waals surface area contributed by atoms with Gasteiger partial charge in [-0.25, -0.2) is 4.98 Å². The Morgan fingerprint density at radius 2 is 2.00 bits per heavy atom. The fraction of sp³-hybridized carbons (Fsp3) is 0.304. The topological polar surface area (TPSA) is 59.0 Å². The highest BCUT2D eigenvalue weighted by Crippen LogP contribution is 2.25. The van der Waals surface area contributed by atoms with E-state index < -0.39 is 0 Å². The van der Waals surface area contributed by atoms with Gasteiger partial charge in [0.1, 0.15) is 0 Å². The second-order valence-corrected chi connectivity index (χ2v) is 7.51. The summed E-state index contributed by atoms with van der Waals surface area (Å²) < 4.78 is 2.05. The van der Waals surface area contributed by atoms with Crippen LogP contribution in [0.5, 0.6) is 0 Å². The molecule has 1 aromatic heterocycles. The molecule has 28 heavy (non-hydrogen) atoms. The van der Waals surface area contributed by atoms with Crippen LogP contribution >= 0.6 is 0 Å². The lowest BCUT2D eigenvalue weighted by Gasteiger charge is -2.31. The first-order valence-corrected chi connectivity index (χ1v) is 9.82. The summed E-state index contributed by atoms with van der Waals surface area (Å²) in [7, 11) is 0. The van der Waals surface area contributed by atoms with Crippen molar-refractivity contribution in [3.63, 3.8) is 0 Å². The monoisotopic (exact) mass is 374 g/mol. The van der Waals surface area contributed by atoms with Crippen LogP contribution in [0.1, 0.15) is 18.1 Å². The molecule has 0 spiro atoms. The van der Waals surface area contributed by atoms with Crippen LogP contribution in [0.3, 0.4) is 0 Å². The molecule has 1 aliphatic rings. The molecule has 0 radical (unpaired) electrons. The summed E-state index contributed by atoms with van der Waals surface area (Å²) in [5.74, 6) is 0.645. The Kier molecular flexibility index (Phi) is 5.53. The fourth-order valence-electron chi connectivity index (χ4n) is 3.56. The van der Waals surface area contributed by atoms with Crippen molar-refractivity contribution >= 4 is 5.91 Å². The molecule has 1 aliphatic heterocycles. The average Bonchev–Trinajstić information content (AvgIpc) is 3.18. The van der Waals surface area contributed by atoms with Gasteiger partial charge in [-0.05, 0) is 41.3 Å². The summed E-state index contributed by atoms with van der Waals surface area (Å²) in [4.78, 5) is 16.5. The van der Waals surface area contributed by atoms with E-state index >= 15 is 0 Å². The van der Waals surface area contributed by atoms with E-state index in [1.54, 1.807) is 6.20 Å². The molecule has 1 saturated heterocycles. The van der Waals surface area contributed by atoms with Crippen molar-refractivity contribution in [2.45, 2.75) is 20.0 Å². The fourth-order valence-corrected chi connectivity index (χ4v) is 3.56. The minimum Gasteiger partial charge on any atom is -0.352 e. The van der Waals surface area contributed by atoms with Gasteiger partial charge in [0.2, 0.25) is 5.91 Å². The molecule has 5 heteroatoms. The number of hydrogen-bond donors (Lipinski definition) is 2. The SMILES string of the molecule is CC(C(=O)NCc1ccccc1-c1ccc(Cn2ccnc2)cc1)C1CNC1. The lowest BCUT2D eigenvalue weighted by Crippen LogP contribution is -2.49. The van der Waals surface area contributed by atoms with Crippen molar-refractivity contribution in [3.05, 3.63) is 78.4 Å². The van der Waals surface area contributed by atoms with Gasteiger partial charge >= 0.3 is 0 Å². The molecule has 5 nitrogen and oxygen atoms in total. The third kappa shape index (κ3) is 4.15. The van der Waals surface area contributed by atoms with Crippen LogP contribution in [0.15, 0.2) is 67.3 Å². The normalized spacial score (nSPS) is 15.0. The summed E-state index contributed by atoms with van der Waals surface area (Å²) in [6.07, 6.45) is 5.58. The summed E-state index contributed by atoms with van der Waals surface area (Å²) >= 11 is 0. The highest BCUT2D eigenvalue weighted by atomic mass is 16.1. The van der Waals surface area contributed by atoms with Crippen molar-refractivity contribution < 1.29 is 4.79 Å². The van der Waals surface area contributed by atoms with Gasteiger partial charge in [-0.15, -0.1) is 0 Å². The Morgan fingerprint density at radius 3 is 2.68 bits per heavy atom. The molecular weight excluding hydrogens is 348 g/mol. The third-order valence-electron chi connectivity index (χ3n) is 5.59. The summed E-state index contributed by atoms with van der Waals surface area (Å²) in [5, 5.41) is 6.36. The number of aromatic nitrogens is 2. The molecule has 2 aromatic carbocycles. The third-order valence-corrected chi connectivity index (χ3v) is 5.59.